The SMILES string of the molecule is CC/C=C\C/C=C\C/C=C\C/C=C\C/C=C\CCCCCCCCCC(=O)OCC(COP(=O)(O)OCC(O)COP(=O)(O)OCC(O)COC(=O)CCCCCCCCCCC/C=C\C/C=C\C/C=C\C/C=C\CCCCC)OC(=O)CCCCCCC/C=C\C/C=C\C/C=C\C/C=C\CCCCC. The molecule has 5 unspecified atom stereocenters. The van der Waals surface area contributed by atoms with E-state index in [1.807, 2.05) is 0 Å². The molecule has 0 saturated heterocycles. The second-order valence-corrected chi connectivity index (χ2v) is 29.7. The Morgan fingerprint density at radius 2 is 0.505 bits per heavy atom. The van der Waals surface area contributed by atoms with E-state index in [4.69, 9.17) is 32.3 Å². The maximum absolute atomic E-state index is 13.0. The predicted octanol–water partition coefficient (Wildman–Crippen LogP) is 24.2. The average Bonchev–Trinajstić information content (AvgIpc) is 0.917. The number of carbonyl (C=O) groups excluding carboxylic acids is 3. The average molecular weight is 1510 g/mol. The van der Waals surface area contributed by atoms with Gasteiger partial charge in [-0.1, -0.05) is 301 Å². The van der Waals surface area contributed by atoms with Gasteiger partial charge in [-0.25, -0.2) is 9.13 Å². The van der Waals surface area contributed by atoms with Crippen molar-refractivity contribution < 1.29 is 75.8 Å². The fourth-order valence-electron chi connectivity index (χ4n) is 10.5. The third-order valence-electron chi connectivity index (χ3n) is 16.7. The molecule has 0 aromatic rings. The van der Waals surface area contributed by atoms with Crippen LogP contribution >= 0.6 is 15.6 Å². The summed E-state index contributed by atoms with van der Waals surface area (Å²) in [7, 11) is -9.82. The van der Waals surface area contributed by atoms with E-state index in [-0.39, 0.29) is 19.3 Å². The van der Waals surface area contributed by atoms with Gasteiger partial charge in [-0.2, -0.15) is 0 Å². The van der Waals surface area contributed by atoms with Crippen LogP contribution in [0.3, 0.4) is 0 Å². The van der Waals surface area contributed by atoms with E-state index in [2.05, 4.69) is 179 Å². The Bertz CT molecular complexity index is 2540. The third-order valence-corrected chi connectivity index (χ3v) is 18.6. The van der Waals surface area contributed by atoms with Crippen molar-refractivity contribution in [2.24, 2.45) is 0 Å². The summed E-state index contributed by atoms with van der Waals surface area (Å²) in [6, 6.07) is 0. The Kier molecular flexibility index (Phi) is 75.1. The lowest BCUT2D eigenvalue weighted by molar-refractivity contribution is -0.161. The monoisotopic (exact) mass is 1510 g/mol. The van der Waals surface area contributed by atoms with Gasteiger partial charge in [-0.05, 0) is 154 Å². The molecule has 0 heterocycles. The van der Waals surface area contributed by atoms with Gasteiger partial charge in [0.05, 0.1) is 26.4 Å². The van der Waals surface area contributed by atoms with Gasteiger partial charge in [0.15, 0.2) is 6.10 Å². The van der Waals surface area contributed by atoms with Crippen molar-refractivity contribution in [1.29, 1.82) is 0 Å². The molecule has 600 valence electrons. The molecule has 0 aliphatic carbocycles. The number of unbranched alkanes of at least 4 members (excludes halogenated alkanes) is 27. The van der Waals surface area contributed by atoms with Crippen LogP contribution in [0.2, 0.25) is 0 Å². The summed E-state index contributed by atoms with van der Waals surface area (Å²) in [5.74, 6) is -1.62. The molecule has 18 heteroatoms. The van der Waals surface area contributed by atoms with Gasteiger partial charge in [0, 0.05) is 19.3 Å². The molecule has 0 fully saturated rings. The molecule has 0 amide bonds. The standard InChI is InChI=1S/C87H146O16P2/c1-4-7-10-13-16-19-22-25-28-31-34-37-39-40-42-45-46-49-52-55-58-61-64-67-70-73-85(90)97-76-82(88)77-99-104(93,94)100-78-83(89)79-101-105(95,96)102-81-84(103-87(92)75-72-69-66-63-60-57-54-51-48-43-36-33-30-27-24-21-18-15-12-9-6-3)80-98-86(91)74-71-68-65-62-59-56-53-50-47-44-41-38-35-32-29-26-23-20-17-14-11-8-5-2/h8,11,16-21,25-30,34-38,40,42-44,47,51,54,82-84,88-89H,4-7,9-10,12-15,22-24,31-33,39,41,45-46,48-50,52-53,55-81H2,1-3H3,(H,93,94)(H,95,96)/b11-8-,19-16-,20-17-,21-18-,28-25-,29-26-,30-27-,37-34-,38-35-,42-40-,43-36-,47-44-,54-51-. The summed E-state index contributed by atoms with van der Waals surface area (Å²) in [6.07, 6.45) is 98.4. The van der Waals surface area contributed by atoms with Crippen LogP contribution in [0.5, 0.6) is 0 Å². The van der Waals surface area contributed by atoms with Crippen LogP contribution in [-0.4, -0.2) is 95.9 Å². The number of phosphoric ester groups is 2. The highest BCUT2D eigenvalue weighted by molar-refractivity contribution is 7.47. The molecule has 0 saturated carbocycles. The number of aliphatic hydroxyl groups is 2. The Morgan fingerprint density at radius 1 is 0.276 bits per heavy atom. The van der Waals surface area contributed by atoms with Gasteiger partial charge in [-0.3, -0.25) is 32.5 Å². The topological polar surface area (TPSA) is 231 Å². The van der Waals surface area contributed by atoms with Crippen molar-refractivity contribution in [2.75, 3.05) is 39.6 Å². The molecule has 0 radical (unpaired) electrons. The summed E-state index contributed by atoms with van der Waals surface area (Å²) in [6.45, 7) is 2.48. The number of hydrogen-bond acceptors (Lipinski definition) is 14. The van der Waals surface area contributed by atoms with Crippen LogP contribution in [0.1, 0.15) is 316 Å². The number of ether oxygens (including phenoxy) is 3. The van der Waals surface area contributed by atoms with Crippen molar-refractivity contribution >= 4 is 33.6 Å². The van der Waals surface area contributed by atoms with Gasteiger partial charge >= 0.3 is 33.6 Å². The zero-order valence-corrected chi connectivity index (χ0v) is 67.4. The summed E-state index contributed by atoms with van der Waals surface area (Å²) in [4.78, 5) is 58.8. The fraction of sp³-hybridized carbons (Fsp3) is 0.667. The highest BCUT2D eigenvalue weighted by atomic mass is 31.2. The highest BCUT2D eigenvalue weighted by Crippen LogP contribution is 2.45. The zero-order valence-electron chi connectivity index (χ0n) is 65.6. The number of allylic oxidation sites excluding steroid dienone is 26. The maximum atomic E-state index is 13.0. The molecule has 16 nitrogen and oxygen atoms in total. The first-order valence-corrected chi connectivity index (χ1v) is 43.8. The molecule has 0 aliphatic rings. The minimum atomic E-state index is -4.95. The Morgan fingerprint density at radius 3 is 0.800 bits per heavy atom. The molecule has 0 rings (SSSR count). The lowest BCUT2D eigenvalue weighted by Crippen LogP contribution is -2.30. The van der Waals surface area contributed by atoms with Crippen molar-refractivity contribution in [3.8, 4) is 0 Å². The molecule has 0 aromatic heterocycles. The second kappa shape index (κ2) is 78.7. The number of phosphoric acid groups is 2. The van der Waals surface area contributed by atoms with Gasteiger partial charge in [0.2, 0.25) is 0 Å². The lowest BCUT2D eigenvalue weighted by atomic mass is 10.1. The van der Waals surface area contributed by atoms with E-state index in [1.165, 1.54) is 70.6 Å². The molecule has 0 spiro atoms. The van der Waals surface area contributed by atoms with Gasteiger partial charge < -0.3 is 34.2 Å². The van der Waals surface area contributed by atoms with Crippen LogP contribution in [0.15, 0.2) is 158 Å². The van der Waals surface area contributed by atoms with Crippen LogP contribution in [0.25, 0.3) is 0 Å². The molecule has 0 aliphatic heterocycles. The first-order valence-electron chi connectivity index (χ1n) is 40.8. The van der Waals surface area contributed by atoms with Crippen LogP contribution in [0.4, 0.5) is 0 Å². The Hall–Kier alpha value is -4.83. The van der Waals surface area contributed by atoms with Crippen molar-refractivity contribution in [3.05, 3.63) is 158 Å². The Labute approximate surface area is 638 Å². The van der Waals surface area contributed by atoms with E-state index in [0.717, 1.165) is 186 Å². The van der Waals surface area contributed by atoms with E-state index < -0.39 is 91.5 Å². The summed E-state index contributed by atoms with van der Waals surface area (Å²) < 4.78 is 61.2. The molecule has 0 bridgehead atoms. The molecule has 4 N–H and O–H groups in total. The smallest absolute Gasteiger partial charge is 0.463 e. The minimum Gasteiger partial charge on any atom is -0.463 e. The minimum absolute atomic E-state index is 0.0753. The number of rotatable bonds is 76. The lowest BCUT2D eigenvalue weighted by Gasteiger charge is -2.21. The van der Waals surface area contributed by atoms with E-state index in [1.54, 1.807) is 0 Å². The Balaban J connectivity index is 4.72. The van der Waals surface area contributed by atoms with Crippen LogP contribution < -0.4 is 0 Å². The summed E-state index contributed by atoms with van der Waals surface area (Å²) in [5.41, 5.74) is 0. The molecule has 105 heavy (non-hydrogen) atoms. The largest absolute Gasteiger partial charge is 0.472 e. The first-order chi connectivity index (χ1) is 51.2. The van der Waals surface area contributed by atoms with Crippen LogP contribution in [-0.2, 0) is 55.8 Å². The number of carbonyl (C=O) groups is 3. The quantitative estimate of drug-likeness (QED) is 0.0146. The summed E-state index contributed by atoms with van der Waals surface area (Å²) >= 11 is 0. The van der Waals surface area contributed by atoms with Crippen molar-refractivity contribution in [3.63, 3.8) is 0 Å². The first kappa shape index (κ1) is 100. The van der Waals surface area contributed by atoms with Crippen molar-refractivity contribution in [1.82, 2.24) is 0 Å². The number of aliphatic hydroxyl groups excluding tert-OH is 2. The highest BCUT2D eigenvalue weighted by Gasteiger charge is 2.29. The van der Waals surface area contributed by atoms with Gasteiger partial charge in [0.25, 0.3) is 0 Å². The zero-order chi connectivity index (χ0) is 76.6. The van der Waals surface area contributed by atoms with E-state index in [9.17, 15) is 43.5 Å². The number of hydrogen-bond donors (Lipinski definition) is 4. The maximum Gasteiger partial charge on any atom is 0.472 e. The fourth-order valence-corrected chi connectivity index (χ4v) is 12.1. The van der Waals surface area contributed by atoms with Crippen LogP contribution in [0, 0.1) is 0 Å². The van der Waals surface area contributed by atoms with Gasteiger partial charge in [-0.15, -0.1) is 0 Å². The van der Waals surface area contributed by atoms with Crippen molar-refractivity contribution in [2.45, 2.75) is 334 Å². The van der Waals surface area contributed by atoms with E-state index in [0.29, 0.717) is 19.3 Å². The second-order valence-electron chi connectivity index (χ2n) is 26.8. The molecular formula is C87H146O16P2. The predicted molar refractivity (Wildman–Crippen MR) is 435 cm³/mol. The summed E-state index contributed by atoms with van der Waals surface area (Å²) in [5, 5.41) is 20.7. The number of esters is 3. The third kappa shape index (κ3) is 80.0. The van der Waals surface area contributed by atoms with E-state index >= 15 is 0 Å². The normalized spacial score (nSPS) is 14.8. The molecular weight excluding hydrogens is 1360 g/mol. The molecule has 5 atom stereocenters. The van der Waals surface area contributed by atoms with Gasteiger partial charge in [0.1, 0.15) is 25.4 Å². The molecule has 0 aromatic carbocycles.